The number of methoxy groups -OCH3 is 1. The molecule has 90 valence electrons. The minimum Gasteiger partial charge on any atom is -0.385 e. The van der Waals surface area contributed by atoms with E-state index in [1.807, 2.05) is 0 Å². The van der Waals surface area contributed by atoms with Crippen LogP contribution in [0, 0.1) is 0 Å². The Morgan fingerprint density at radius 3 is 2.73 bits per heavy atom. The van der Waals surface area contributed by atoms with Gasteiger partial charge in [-0.15, -0.1) is 0 Å². The van der Waals surface area contributed by atoms with E-state index in [0.29, 0.717) is 11.5 Å². The lowest BCUT2D eigenvalue weighted by Gasteiger charge is -2.09. The third-order valence-corrected chi connectivity index (χ3v) is 4.46. The molecule has 0 bridgehead atoms. The first-order chi connectivity index (χ1) is 7.14. The fourth-order valence-corrected chi connectivity index (χ4v) is 3.52. The van der Waals surface area contributed by atoms with Crippen molar-refractivity contribution in [1.82, 2.24) is 5.32 Å². The molecule has 5 heteroatoms. The monoisotopic (exact) mass is 235 g/mol. The van der Waals surface area contributed by atoms with Gasteiger partial charge in [0.2, 0.25) is 0 Å². The molecule has 0 aromatic carbocycles. The van der Waals surface area contributed by atoms with Crippen LogP contribution < -0.4 is 5.32 Å². The van der Waals surface area contributed by atoms with E-state index >= 15 is 0 Å². The quantitative estimate of drug-likeness (QED) is 0.656. The first-order valence-electron chi connectivity index (χ1n) is 5.57. The Bertz CT molecular complexity index is 264. The predicted molar refractivity (Wildman–Crippen MR) is 60.8 cm³/mol. The molecule has 0 aromatic rings. The van der Waals surface area contributed by atoms with Gasteiger partial charge in [0.15, 0.2) is 9.84 Å². The average molecular weight is 235 g/mol. The van der Waals surface area contributed by atoms with Gasteiger partial charge in [0.25, 0.3) is 0 Å². The summed E-state index contributed by atoms with van der Waals surface area (Å²) in [5, 5.41) is 3.29. The van der Waals surface area contributed by atoms with Gasteiger partial charge in [0, 0.05) is 19.8 Å². The van der Waals surface area contributed by atoms with Crippen LogP contribution in [0.3, 0.4) is 0 Å². The van der Waals surface area contributed by atoms with E-state index in [4.69, 9.17) is 4.74 Å². The van der Waals surface area contributed by atoms with Gasteiger partial charge in [-0.1, -0.05) is 0 Å². The fourth-order valence-electron chi connectivity index (χ4n) is 1.81. The van der Waals surface area contributed by atoms with E-state index < -0.39 is 9.84 Å². The van der Waals surface area contributed by atoms with Crippen molar-refractivity contribution in [2.45, 2.75) is 31.7 Å². The molecule has 1 atom stereocenters. The van der Waals surface area contributed by atoms with Crippen LogP contribution in [0.2, 0.25) is 0 Å². The van der Waals surface area contributed by atoms with Gasteiger partial charge in [0.05, 0.1) is 11.5 Å². The molecule has 0 aliphatic carbocycles. The number of unbranched alkanes of at least 4 members (excludes halogenated alkanes) is 2. The Morgan fingerprint density at radius 1 is 1.33 bits per heavy atom. The third-order valence-electron chi connectivity index (χ3n) is 2.69. The molecule has 1 N–H and O–H groups in total. The van der Waals surface area contributed by atoms with Gasteiger partial charge in [-0.25, -0.2) is 8.42 Å². The maximum atomic E-state index is 11.2. The Hall–Kier alpha value is -0.130. The molecule has 15 heavy (non-hydrogen) atoms. The van der Waals surface area contributed by atoms with E-state index in [0.717, 1.165) is 38.8 Å². The zero-order valence-electron chi connectivity index (χ0n) is 9.37. The molecule has 1 rings (SSSR count). The minimum atomic E-state index is -2.73. The van der Waals surface area contributed by atoms with Gasteiger partial charge in [-0.2, -0.15) is 0 Å². The zero-order chi connectivity index (χ0) is 11.1. The highest BCUT2D eigenvalue weighted by molar-refractivity contribution is 7.91. The smallest absolute Gasteiger partial charge is 0.151 e. The van der Waals surface area contributed by atoms with E-state index in [2.05, 4.69) is 5.32 Å². The largest absolute Gasteiger partial charge is 0.385 e. The summed E-state index contributed by atoms with van der Waals surface area (Å²) in [4.78, 5) is 0. The molecule has 0 amide bonds. The summed E-state index contributed by atoms with van der Waals surface area (Å²) in [5.74, 6) is 0.680. The lowest BCUT2D eigenvalue weighted by atomic mass is 10.2. The number of sulfone groups is 1. The van der Waals surface area contributed by atoms with E-state index in [-0.39, 0.29) is 6.04 Å². The molecular formula is C10H21NO3S. The van der Waals surface area contributed by atoms with Crippen LogP contribution in [0.1, 0.15) is 25.7 Å². The molecule has 1 heterocycles. The maximum Gasteiger partial charge on any atom is 0.151 e. The van der Waals surface area contributed by atoms with Gasteiger partial charge in [0.1, 0.15) is 0 Å². The molecule has 4 nitrogen and oxygen atoms in total. The van der Waals surface area contributed by atoms with Crippen molar-refractivity contribution in [2.75, 3.05) is 31.8 Å². The van der Waals surface area contributed by atoms with Crippen LogP contribution in [0.5, 0.6) is 0 Å². The topological polar surface area (TPSA) is 55.4 Å². The van der Waals surface area contributed by atoms with Crippen molar-refractivity contribution >= 4 is 9.84 Å². The minimum absolute atomic E-state index is 0.192. The first kappa shape index (κ1) is 12.9. The number of hydrogen-bond acceptors (Lipinski definition) is 4. The van der Waals surface area contributed by atoms with Crippen molar-refractivity contribution < 1.29 is 13.2 Å². The summed E-state index contributed by atoms with van der Waals surface area (Å²) in [7, 11) is -1.02. The first-order valence-corrected chi connectivity index (χ1v) is 7.39. The van der Waals surface area contributed by atoms with E-state index in [1.165, 1.54) is 0 Å². The Labute approximate surface area is 92.3 Å². The molecule has 1 aliphatic rings. The van der Waals surface area contributed by atoms with Gasteiger partial charge in [-0.3, -0.25) is 0 Å². The number of ether oxygens (including phenoxy) is 1. The average Bonchev–Trinajstić information content (AvgIpc) is 2.52. The normalized spacial score (nSPS) is 24.5. The number of rotatable bonds is 7. The van der Waals surface area contributed by atoms with Gasteiger partial charge >= 0.3 is 0 Å². The molecule has 0 aromatic heterocycles. The number of hydrogen-bond donors (Lipinski definition) is 1. The standard InChI is InChI=1S/C10H21NO3S/c1-14-7-4-2-3-6-11-10-5-8-15(12,13)9-10/h10-11H,2-9H2,1H3. The number of nitrogens with one attached hydrogen (secondary N) is 1. The van der Waals surface area contributed by atoms with Crippen molar-refractivity contribution in [3.05, 3.63) is 0 Å². The van der Waals surface area contributed by atoms with Crippen LogP contribution >= 0.6 is 0 Å². The van der Waals surface area contributed by atoms with Gasteiger partial charge in [-0.05, 0) is 32.2 Å². The highest BCUT2D eigenvalue weighted by atomic mass is 32.2. The van der Waals surface area contributed by atoms with Crippen molar-refractivity contribution in [2.24, 2.45) is 0 Å². The van der Waals surface area contributed by atoms with E-state index in [1.54, 1.807) is 7.11 Å². The zero-order valence-corrected chi connectivity index (χ0v) is 10.2. The van der Waals surface area contributed by atoms with Crippen molar-refractivity contribution in [3.8, 4) is 0 Å². The van der Waals surface area contributed by atoms with Crippen molar-refractivity contribution in [3.63, 3.8) is 0 Å². The molecule has 0 spiro atoms. The SMILES string of the molecule is COCCCCCNC1CCS(=O)(=O)C1. The second kappa shape index (κ2) is 6.45. The van der Waals surface area contributed by atoms with Crippen LogP contribution in [0.15, 0.2) is 0 Å². The lowest BCUT2D eigenvalue weighted by Crippen LogP contribution is -2.30. The van der Waals surface area contributed by atoms with Crippen LogP contribution in [0.25, 0.3) is 0 Å². The molecule has 1 aliphatic heterocycles. The fraction of sp³-hybridized carbons (Fsp3) is 1.00. The van der Waals surface area contributed by atoms with Crippen LogP contribution in [0.4, 0.5) is 0 Å². The molecule has 1 saturated heterocycles. The van der Waals surface area contributed by atoms with Crippen LogP contribution in [-0.4, -0.2) is 46.2 Å². The molecule has 1 fully saturated rings. The molecular weight excluding hydrogens is 214 g/mol. The molecule has 0 saturated carbocycles. The lowest BCUT2D eigenvalue weighted by molar-refractivity contribution is 0.192. The maximum absolute atomic E-state index is 11.2. The molecule has 0 radical (unpaired) electrons. The summed E-state index contributed by atoms with van der Waals surface area (Å²) >= 11 is 0. The highest BCUT2D eigenvalue weighted by Crippen LogP contribution is 2.11. The summed E-state index contributed by atoms with van der Waals surface area (Å²) < 4.78 is 27.3. The van der Waals surface area contributed by atoms with E-state index in [9.17, 15) is 8.42 Å². The Morgan fingerprint density at radius 2 is 2.13 bits per heavy atom. The highest BCUT2D eigenvalue weighted by Gasteiger charge is 2.26. The summed E-state index contributed by atoms with van der Waals surface area (Å²) in [5.41, 5.74) is 0. The predicted octanol–water partition coefficient (Wildman–Crippen LogP) is 0.580. The summed E-state index contributed by atoms with van der Waals surface area (Å²) in [6.07, 6.45) is 4.10. The Kier molecular flexibility index (Phi) is 5.56. The second-order valence-electron chi connectivity index (χ2n) is 4.11. The second-order valence-corrected chi connectivity index (χ2v) is 6.34. The van der Waals surface area contributed by atoms with Crippen molar-refractivity contribution in [1.29, 1.82) is 0 Å². The summed E-state index contributed by atoms with van der Waals surface area (Å²) in [6, 6.07) is 0.192. The summed E-state index contributed by atoms with van der Waals surface area (Å²) in [6.45, 7) is 1.74. The van der Waals surface area contributed by atoms with Gasteiger partial charge < -0.3 is 10.1 Å². The van der Waals surface area contributed by atoms with Crippen LogP contribution in [-0.2, 0) is 14.6 Å². The molecule has 1 unspecified atom stereocenters. The third kappa shape index (κ3) is 5.49. The Balaban J connectivity index is 1.97.